The molecule has 0 atom stereocenters. The van der Waals surface area contributed by atoms with E-state index in [1.54, 1.807) is 23.0 Å². The fraction of sp³-hybridized carbons (Fsp3) is 0. The molecule has 3 rings (SSSR count). The van der Waals surface area contributed by atoms with Crippen molar-refractivity contribution < 1.29 is 9.72 Å². The van der Waals surface area contributed by atoms with Gasteiger partial charge in [0.05, 0.1) is 10.6 Å². The number of amides is 1. The van der Waals surface area contributed by atoms with Gasteiger partial charge in [-0.1, -0.05) is 24.3 Å². The van der Waals surface area contributed by atoms with Crippen LogP contribution in [-0.4, -0.2) is 20.6 Å². The van der Waals surface area contributed by atoms with Crippen molar-refractivity contribution in [3.8, 4) is 5.69 Å². The third-order valence-electron chi connectivity index (χ3n) is 3.16. The largest absolute Gasteiger partial charge is 0.320 e. The first-order valence-electron chi connectivity index (χ1n) is 6.80. The highest BCUT2D eigenvalue weighted by molar-refractivity contribution is 6.02. The molecule has 0 radical (unpaired) electrons. The van der Waals surface area contributed by atoms with Gasteiger partial charge < -0.3 is 5.32 Å². The molecule has 0 saturated heterocycles. The Balaban J connectivity index is 1.78. The first kappa shape index (κ1) is 14.5. The zero-order chi connectivity index (χ0) is 16.2. The molecule has 2 aromatic carbocycles. The molecule has 0 aliphatic carbocycles. The lowest BCUT2D eigenvalue weighted by atomic mass is 10.2. The summed E-state index contributed by atoms with van der Waals surface area (Å²) in [6.07, 6.45) is 1.68. The van der Waals surface area contributed by atoms with Crippen LogP contribution in [0.5, 0.6) is 0 Å². The summed E-state index contributed by atoms with van der Waals surface area (Å²) in [6.45, 7) is 0. The van der Waals surface area contributed by atoms with Gasteiger partial charge in [0.2, 0.25) is 0 Å². The molecule has 3 aromatic rings. The zero-order valence-corrected chi connectivity index (χ0v) is 11.9. The Hall–Kier alpha value is -3.48. The van der Waals surface area contributed by atoms with Gasteiger partial charge in [-0.15, -0.1) is 0 Å². The maximum atomic E-state index is 12.2. The highest BCUT2D eigenvalue weighted by Gasteiger charge is 2.12. The van der Waals surface area contributed by atoms with E-state index in [9.17, 15) is 14.9 Å². The Bertz CT molecular complexity index is 859. The van der Waals surface area contributed by atoms with Crippen LogP contribution in [0.1, 0.15) is 10.5 Å². The molecule has 1 N–H and O–H groups in total. The van der Waals surface area contributed by atoms with Gasteiger partial charge >= 0.3 is 0 Å². The van der Waals surface area contributed by atoms with Crippen molar-refractivity contribution in [1.29, 1.82) is 0 Å². The van der Waals surface area contributed by atoms with Crippen LogP contribution in [-0.2, 0) is 0 Å². The van der Waals surface area contributed by atoms with Crippen LogP contribution in [0.25, 0.3) is 5.69 Å². The summed E-state index contributed by atoms with van der Waals surface area (Å²) in [6, 6.07) is 16.7. The minimum atomic E-state index is -0.514. The Morgan fingerprint density at radius 1 is 1.09 bits per heavy atom. The van der Waals surface area contributed by atoms with Crippen LogP contribution in [0.3, 0.4) is 0 Å². The number of benzene rings is 2. The predicted molar refractivity (Wildman–Crippen MR) is 84.6 cm³/mol. The number of carbonyl (C=O) groups excluding carboxylic acids is 1. The molecule has 0 bridgehead atoms. The van der Waals surface area contributed by atoms with Crippen molar-refractivity contribution in [3.63, 3.8) is 0 Å². The van der Waals surface area contributed by atoms with Crippen molar-refractivity contribution in [1.82, 2.24) is 9.78 Å². The molecule has 0 unspecified atom stereocenters. The van der Waals surface area contributed by atoms with Gasteiger partial charge in [0, 0.05) is 24.0 Å². The van der Waals surface area contributed by atoms with Crippen molar-refractivity contribution in [3.05, 3.63) is 82.7 Å². The van der Waals surface area contributed by atoms with E-state index in [1.165, 1.54) is 18.2 Å². The molecular weight excluding hydrogens is 296 g/mol. The number of aromatic nitrogens is 2. The third kappa shape index (κ3) is 3.24. The molecule has 114 valence electrons. The predicted octanol–water partition coefficient (Wildman–Crippen LogP) is 3.03. The summed E-state index contributed by atoms with van der Waals surface area (Å²) in [4.78, 5) is 22.4. The van der Waals surface area contributed by atoms with Gasteiger partial charge in [-0.3, -0.25) is 14.9 Å². The molecule has 0 spiro atoms. The van der Waals surface area contributed by atoms with E-state index < -0.39 is 10.8 Å². The maximum Gasteiger partial charge on any atom is 0.276 e. The van der Waals surface area contributed by atoms with Crippen LogP contribution in [0, 0.1) is 10.1 Å². The number of nitro groups is 1. The van der Waals surface area contributed by atoms with Gasteiger partial charge in [-0.05, 0) is 24.3 Å². The van der Waals surface area contributed by atoms with Crippen LogP contribution >= 0.6 is 0 Å². The monoisotopic (exact) mass is 308 g/mol. The fourth-order valence-corrected chi connectivity index (χ4v) is 2.06. The number of nitro benzene ring substituents is 1. The van der Waals surface area contributed by atoms with Gasteiger partial charge in [0.15, 0.2) is 5.69 Å². The van der Waals surface area contributed by atoms with E-state index in [4.69, 9.17) is 0 Å². The first-order valence-corrected chi connectivity index (χ1v) is 6.80. The lowest BCUT2D eigenvalue weighted by molar-refractivity contribution is -0.384. The molecule has 0 saturated carbocycles. The molecular formula is C16H12N4O3. The highest BCUT2D eigenvalue weighted by atomic mass is 16.6. The van der Waals surface area contributed by atoms with E-state index in [-0.39, 0.29) is 11.4 Å². The molecule has 7 heteroatoms. The minimum absolute atomic E-state index is 0.0855. The molecule has 0 fully saturated rings. The number of nitrogens with zero attached hydrogens (tertiary/aromatic N) is 3. The average Bonchev–Trinajstić information content (AvgIpc) is 3.06. The van der Waals surface area contributed by atoms with Crippen LogP contribution < -0.4 is 5.32 Å². The fourth-order valence-electron chi connectivity index (χ4n) is 2.06. The van der Waals surface area contributed by atoms with Crippen molar-refractivity contribution in [2.24, 2.45) is 0 Å². The molecule has 1 amide bonds. The van der Waals surface area contributed by atoms with Crippen molar-refractivity contribution in [2.45, 2.75) is 0 Å². The summed E-state index contributed by atoms with van der Waals surface area (Å²) in [5.41, 5.74) is 1.32. The Kier molecular flexibility index (Phi) is 3.84. The van der Waals surface area contributed by atoms with Gasteiger partial charge in [-0.2, -0.15) is 5.10 Å². The van der Waals surface area contributed by atoms with Gasteiger partial charge in [0.1, 0.15) is 0 Å². The number of carbonyl (C=O) groups is 1. The highest BCUT2D eigenvalue weighted by Crippen LogP contribution is 2.17. The molecule has 1 aromatic heterocycles. The van der Waals surface area contributed by atoms with Gasteiger partial charge in [-0.25, -0.2) is 4.68 Å². The van der Waals surface area contributed by atoms with E-state index >= 15 is 0 Å². The normalized spacial score (nSPS) is 10.3. The number of non-ortho nitro benzene ring substituents is 1. The zero-order valence-electron chi connectivity index (χ0n) is 11.9. The van der Waals surface area contributed by atoms with Crippen LogP contribution in [0.2, 0.25) is 0 Å². The molecule has 23 heavy (non-hydrogen) atoms. The molecule has 7 nitrogen and oxygen atoms in total. The smallest absolute Gasteiger partial charge is 0.276 e. The van der Waals surface area contributed by atoms with E-state index in [1.807, 2.05) is 30.3 Å². The second-order valence-electron chi connectivity index (χ2n) is 4.74. The number of hydrogen-bond acceptors (Lipinski definition) is 4. The lowest BCUT2D eigenvalue weighted by Gasteiger charge is -2.03. The Labute approximate surface area is 131 Å². The van der Waals surface area contributed by atoms with Gasteiger partial charge in [0.25, 0.3) is 11.6 Å². The average molecular weight is 308 g/mol. The quantitative estimate of drug-likeness (QED) is 0.592. The first-order chi connectivity index (χ1) is 11.1. The standard InChI is InChI=1S/C16H12N4O3/c21-16(17-12-5-4-8-14(11-12)20(22)23)15-9-10-19(18-15)13-6-2-1-3-7-13/h1-11H,(H,17,21). The van der Waals surface area contributed by atoms with E-state index in [0.717, 1.165) is 5.69 Å². The number of hydrogen-bond donors (Lipinski definition) is 1. The summed E-state index contributed by atoms with van der Waals surface area (Å²) in [7, 11) is 0. The number of para-hydroxylation sites is 1. The molecule has 0 aliphatic heterocycles. The number of anilines is 1. The van der Waals surface area contributed by atoms with E-state index in [2.05, 4.69) is 10.4 Å². The molecule has 1 heterocycles. The second-order valence-corrected chi connectivity index (χ2v) is 4.74. The maximum absolute atomic E-state index is 12.2. The van der Waals surface area contributed by atoms with E-state index in [0.29, 0.717) is 5.69 Å². The third-order valence-corrected chi connectivity index (χ3v) is 3.16. The van der Waals surface area contributed by atoms with Crippen molar-refractivity contribution in [2.75, 3.05) is 5.32 Å². The van der Waals surface area contributed by atoms with Crippen LogP contribution in [0.15, 0.2) is 66.9 Å². The summed E-state index contributed by atoms with van der Waals surface area (Å²) in [5, 5.41) is 17.6. The molecule has 0 aliphatic rings. The SMILES string of the molecule is O=C(Nc1cccc([N+](=O)[O-])c1)c1ccn(-c2ccccc2)n1. The summed E-state index contributed by atoms with van der Waals surface area (Å²) in [5.74, 6) is -0.430. The number of rotatable bonds is 4. The summed E-state index contributed by atoms with van der Waals surface area (Å²) < 4.78 is 1.59. The second kappa shape index (κ2) is 6.10. The Morgan fingerprint density at radius 2 is 1.87 bits per heavy atom. The topological polar surface area (TPSA) is 90.1 Å². The number of nitrogens with one attached hydrogen (secondary N) is 1. The Morgan fingerprint density at radius 3 is 2.61 bits per heavy atom. The van der Waals surface area contributed by atoms with Crippen molar-refractivity contribution >= 4 is 17.3 Å². The minimum Gasteiger partial charge on any atom is -0.320 e. The summed E-state index contributed by atoms with van der Waals surface area (Å²) >= 11 is 0. The van der Waals surface area contributed by atoms with Crippen LogP contribution in [0.4, 0.5) is 11.4 Å². The lowest BCUT2D eigenvalue weighted by Crippen LogP contribution is -2.13.